The zero-order chi connectivity index (χ0) is 13.4. The SMILES string of the molecule is CO/C=C/CCCCCn1c(=O)[nH]c(=O)[nH]c1=O. The Bertz CT molecular complexity index is 518. The average Bonchev–Trinajstić information content (AvgIpc) is 2.30. The summed E-state index contributed by atoms with van der Waals surface area (Å²) in [4.78, 5) is 37.5. The zero-order valence-corrected chi connectivity index (χ0v) is 10.3. The number of aromatic amines is 2. The quantitative estimate of drug-likeness (QED) is 0.527. The number of ether oxygens (including phenoxy) is 1. The summed E-state index contributed by atoms with van der Waals surface area (Å²) < 4.78 is 5.75. The van der Waals surface area contributed by atoms with Crippen LogP contribution in [0.25, 0.3) is 0 Å². The van der Waals surface area contributed by atoms with Crippen LogP contribution in [0.3, 0.4) is 0 Å². The highest BCUT2D eigenvalue weighted by molar-refractivity contribution is 4.73. The third-order valence-corrected chi connectivity index (χ3v) is 2.42. The first-order valence-corrected chi connectivity index (χ1v) is 5.76. The van der Waals surface area contributed by atoms with E-state index in [9.17, 15) is 14.4 Å². The van der Waals surface area contributed by atoms with Crippen LogP contribution in [0.15, 0.2) is 26.7 Å². The fraction of sp³-hybridized carbons (Fsp3) is 0.545. The molecule has 0 saturated heterocycles. The van der Waals surface area contributed by atoms with Gasteiger partial charge in [-0.25, -0.2) is 19.0 Å². The fourth-order valence-electron chi connectivity index (χ4n) is 1.53. The predicted octanol–water partition coefficient (Wildman–Crippen LogP) is -0.0546. The summed E-state index contributed by atoms with van der Waals surface area (Å²) in [5.41, 5.74) is -2.10. The molecule has 1 aromatic rings. The lowest BCUT2D eigenvalue weighted by molar-refractivity contribution is 0.336. The van der Waals surface area contributed by atoms with Gasteiger partial charge >= 0.3 is 17.1 Å². The number of nitrogens with one attached hydrogen (secondary N) is 2. The number of hydrogen-bond donors (Lipinski definition) is 2. The molecule has 1 heterocycles. The standard InChI is InChI=1S/C11H17N3O4/c1-18-8-6-4-2-3-5-7-14-10(16)12-9(15)13-11(14)17/h6,8H,2-5,7H2,1H3,(H2,12,13,15,16,17)/b8-6+. The number of allylic oxidation sites excluding steroid dienone is 1. The van der Waals surface area contributed by atoms with Crippen molar-refractivity contribution in [3.63, 3.8) is 0 Å². The molecule has 7 nitrogen and oxygen atoms in total. The summed E-state index contributed by atoms with van der Waals surface area (Å²) in [6.07, 6.45) is 6.98. The minimum Gasteiger partial charge on any atom is -0.505 e. The number of nitrogens with zero attached hydrogens (tertiary/aromatic N) is 1. The molecule has 0 aromatic carbocycles. The van der Waals surface area contributed by atoms with Crippen LogP contribution in [0, 0.1) is 0 Å². The average molecular weight is 255 g/mol. The van der Waals surface area contributed by atoms with Crippen LogP contribution in [-0.2, 0) is 11.3 Å². The lowest BCUT2D eigenvalue weighted by Gasteiger charge is -2.02. The summed E-state index contributed by atoms with van der Waals surface area (Å²) in [5, 5.41) is 0. The summed E-state index contributed by atoms with van der Waals surface area (Å²) in [6, 6.07) is 0. The van der Waals surface area contributed by atoms with Gasteiger partial charge in [0.25, 0.3) is 0 Å². The van der Waals surface area contributed by atoms with E-state index in [4.69, 9.17) is 4.74 Å². The zero-order valence-electron chi connectivity index (χ0n) is 10.3. The number of hydrogen-bond acceptors (Lipinski definition) is 4. The highest BCUT2D eigenvalue weighted by atomic mass is 16.5. The van der Waals surface area contributed by atoms with Crippen LogP contribution >= 0.6 is 0 Å². The number of unbranched alkanes of at least 4 members (excludes halogenated alkanes) is 3. The summed E-state index contributed by atoms with van der Waals surface area (Å²) in [7, 11) is 1.59. The second-order valence-electron chi connectivity index (χ2n) is 3.80. The molecule has 1 aromatic heterocycles. The Hall–Kier alpha value is -2.05. The molecule has 1 rings (SSSR count). The highest BCUT2D eigenvalue weighted by Gasteiger charge is 2.01. The maximum Gasteiger partial charge on any atom is 0.333 e. The van der Waals surface area contributed by atoms with Crippen LogP contribution in [0.1, 0.15) is 25.7 Å². The van der Waals surface area contributed by atoms with Crippen molar-refractivity contribution in [3.05, 3.63) is 43.8 Å². The molecule has 0 bridgehead atoms. The third kappa shape index (κ3) is 4.44. The molecule has 100 valence electrons. The third-order valence-electron chi connectivity index (χ3n) is 2.42. The Balaban J connectivity index is 2.41. The van der Waals surface area contributed by atoms with Crippen LogP contribution in [0.4, 0.5) is 0 Å². The molecule has 0 unspecified atom stereocenters. The molecule has 2 N–H and O–H groups in total. The number of aromatic nitrogens is 3. The van der Waals surface area contributed by atoms with Gasteiger partial charge in [-0.15, -0.1) is 0 Å². The molecule has 0 saturated carbocycles. The summed E-state index contributed by atoms with van der Waals surface area (Å²) in [6.45, 7) is 0.305. The van der Waals surface area contributed by atoms with Crippen molar-refractivity contribution in [1.29, 1.82) is 0 Å². The van der Waals surface area contributed by atoms with Crippen molar-refractivity contribution < 1.29 is 4.74 Å². The number of H-pyrrole nitrogens is 2. The molecule has 0 amide bonds. The van der Waals surface area contributed by atoms with E-state index in [2.05, 4.69) is 0 Å². The lowest BCUT2D eigenvalue weighted by Crippen LogP contribution is -2.43. The van der Waals surface area contributed by atoms with E-state index in [1.165, 1.54) is 0 Å². The molecular formula is C11H17N3O4. The van der Waals surface area contributed by atoms with Gasteiger partial charge in [0.15, 0.2) is 0 Å². The van der Waals surface area contributed by atoms with Crippen LogP contribution in [0.2, 0.25) is 0 Å². The van der Waals surface area contributed by atoms with Crippen LogP contribution in [0.5, 0.6) is 0 Å². The maximum absolute atomic E-state index is 11.3. The van der Waals surface area contributed by atoms with E-state index in [0.29, 0.717) is 13.0 Å². The number of rotatable bonds is 7. The molecule has 7 heteroatoms. The van der Waals surface area contributed by atoms with Gasteiger partial charge in [0.05, 0.1) is 13.4 Å². The van der Waals surface area contributed by atoms with Gasteiger partial charge in [-0.3, -0.25) is 9.97 Å². The van der Waals surface area contributed by atoms with Gasteiger partial charge in [0.2, 0.25) is 0 Å². The molecule has 0 aliphatic carbocycles. The topological polar surface area (TPSA) is 96.9 Å². The van der Waals surface area contributed by atoms with Crippen molar-refractivity contribution >= 4 is 0 Å². The predicted molar refractivity (Wildman–Crippen MR) is 66.6 cm³/mol. The first-order valence-electron chi connectivity index (χ1n) is 5.76. The minimum atomic E-state index is -0.772. The molecular weight excluding hydrogens is 238 g/mol. The van der Waals surface area contributed by atoms with Crippen LogP contribution in [-0.4, -0.2) is 21.6 Å². The Kier molecular flexibility index (Phi) is 5.69. The van der Waals surface area contributed by atoms with Crippen molar-refractivity contribution in [1.82, 2.24) is 14.5 Å². The van der Waals surface area contributed by atoms with Crippen LogP contribution < -0.4 is 17.1 Å². The number of methoxy groups -OCH3 is 1. The second-order valence-corrected chi connectivity index (χ2v) is 3.80. The Morgan fingerprint density at radius 1 is 1.11 bits per heavy atom. The van der Waals surface area contributed by atoms with Gasteiger partial charge in [-0.1, -0.05) is 6.42 Å². The molecule has 0 radical (unpaired) electrons. The van der Waals surface area contributed by atoms with Gasteiger partial charge in [-0.2, -0.15) is 0 Å². The Labute approximate surface area is 103 Å². The molecule has 0 spiro atoms. The van der Waals surface area contributed by atoms with E-state index < -0.39 is 17.1 Å². The van der Waals surface area contributed by atoms with Crippen molar-refractivity contribution in [3.8, 4) is 0 Å². The maximum atomic E-state index is 11.3. The van der Waals surface area contributed by atoms with Crippen molar-refractivity contribution in [2.24, 2.45) is 0 Å². The van der Waals surface area contributed by atoms with Gasteiger partial charge < -0.3 is 4.74 Å². The van der Waals surface area contributed by atoms with E-state index in [1.54, 1.807) is 13.4 Å². The Morgan fingerprint density at radius 3 is 2.39 bits per heavy atom. The summed E-state index contributed by atoms with van der Waals surface area (Å²) >= 11 is 0. The smallest absolute Gasteiger partial charge is 0.333 e. The van der Waals surface area contributed by atoms with E-state index in [-0.39, 0.29) is 0 Å². The second kappa shape index (κ2) is 7.31. The fourth-order valence-corrected chi connectivity index (χ4v) is 1.53. The van der Waals surface area contributed by atoms with Crippen molar-refractivity contribution in [2.75, 3.05) is 7.11 Å². The van der Waals surface area contributed by atoms with Crippen molar-refractivity contribution in [2.45, 2.75) is 32.2 Å². The molecule has 0 aliphatic rings. The summed E-state index contributed by atoms with van der Waals surface area (Å²) in [5.74, 6) is 0. The van der Waals surface area contributed by atoms with Gasteiger partial charge in [0.1, 0.15) is 0 Å². The monoisotopic (exact) mass is 255 g/mol. The lowest BCUT2D eigenvalue weighted by atomic mass is 10.2. The highest BCUT2D eigenvalue weighted by Crippen LogP contribution is 2.01. The minimum absolute atomic E-state index is 0.305. The Morgan fingerprint density at radius 2 is 1.78 bits per heavy atom. The largest absolute Gasteiger partial charge is 0.505 e. The molecule has 0 atom stereocenters. The first-order chi connectivity index (χ1) is 8.65. The first kappa shape index (κ1) is 14.0. The van der Waals surface area contributed by atoms with E-state index >= 15 is 0 Å². The molecule has 0 fully saturated rings. The van der Waals surface area contributed by atoms with Gasteiger partial charge in [0, 0.05) is 6.54 Å². The van der Waals surface area contributed by atoms with E-state index in [1.807, 2.05) is 16.0 Å². The molecule has 18 heavy (non-hydrogen) atoms. The van der Waals surface area contributed by atoms with Gasteiger partial charge in [-0.05, 0) is 25.3 Å². The van der Waals surface area contributed by atoms with E-state index in [0.717, 1.165) is 23.8 Å². The normalized spacial score (nSPS) is 10.9. The molecule has 0 aliphatic heterocycles.